The average Bonchev–Trinajstić information content (AvgIpc) is 3.20. The van der Waals surface area contributed by atoms with E-state index in [0.717, 1.165) is 10.9 Å². The molecule has 0 aliphatic rings. The summed E-state index contributed by atoms with van der Waals surface area (Å²) >= 11 is 0. The van der Waals surface area contributed by atoms with Gasteiger partial charge in [0.1, 0.15) is 30.3 Å². The van der Waals surface area contributed by atoms with Crippen molar-refractivity contribution in [2.24, 2.45) is 0 Å². The molecule has 208 valence electrons. The van der Waals surface area contributed by atoms with Gasteiger partial charge in [-0.2, -0.15) is 0 Å². The summed E-state index contributed by atoms with van der Waals surface area (Å²) in [6.45, 7) is 3.60. The molecule has 0 saturated heterocycles. The number of esters is 2. The van der Waals surface area contributed by atoms with Crippen LogP contribution in [0.25, 0.3) is 21.9 Å². The van der Waals surface area contributed by atoms with E-state index in [2.05, 4.69) is 9.97 Å². The molecule has 14 nitrogen and oxygen atoms in total. The van der Waals surface area contributed by atoms with Crippen molar-refractivity contribution >= 4 is 47.5 Å². The van der Waals surface area contributed by atoms with E-state index in [4.69, 9.17) is 29.0 Å². The predicted octanol–water partition coefficient (Wildman–Crippen LogP) is 1.86. The van der Waals surface area contributed by atoms with Gasteiger partial charge in [0.2, 0.25) is 0 Å². The number of anilines is 1. The lowest BCUT2D eigenvalue weighted by molar-refractivity contribution is -0.159. The minimum atomic E-state index is -4.52. The normalized spacial score (nSPS) is 13.8. The first-order valence-electron chi connectivity index (χ1n) is 11.8. The highest BCUT2D eigenvalue weighted by atomic mass is 31.2. The van der Waals surface area contributed by atoms with Gasteiger partial charge in [-0.25, -0.2) is 14.5 Å². The largest absolute Gasteiger partial charge is 0.491 e. The zero-order valence-corrected chi connectivity index (χ0v) is 22.2. The average molecular weight is 554 g/mol. The van der Waals surface area contributed by atoms with E-state index in [0.29, 0.717) is 29.2 Å². The summed E-state index contributed by atoms with van der Waals surface area (Å²) in [5, 5.41) is 10.2. The van der Waals surface area contributed by atoms with Crippen molar-refractivity contribution in [3.63, 3.8) is 0 Å². The van der Waals surface area contributed by atoms with Crippen LogP contribution in [0.1, 0.15) is 26.1 Å². The number of phosphoric ester groups is 1. The minimum absolute atomic E-state index is 0.0631. The molecule has 38 heavy (non-hydrogen) atoms. The molecule has 0 saturated carbocycles. The number of hydrogen-bond acceptors (Lipinski definition) is 12. The number of aliphatic hydroxyl groups is 1. The predicted molar refractivity (Wildman–Crippen MR) is 135 cm³/mol. The molecule has 2 heterocycles. The number of nitrogens with zero attached hydrogens (tertiary/aromatic N) is 3. The minimum Gasteiger partial charge on any atom is -0.491 e. The number of hydrogen-bond donors (Lipinski definition) is 3. The summed E-state index contributed by atoms with van der Waals surface area (Å²) in [4.78, 5) is 41.3. The fourth-order valence-corrected chi connectivity index (χ4v) is 4.32. The number of aliphatic hydroxyl groups excluding tert-OH is 1. The molecule has 0 fully saturated rings. The van der Waals surface area contributed by atoms with Crippen LogP contribution in [0.3, 0.4) is 0 Å². The fraction of sp³-hybridized carbons (Fsp3) is 0.478. The van der Waals surface area contributed by atoms with Gasteiger partial charge in [0, 0.05) is 31.3 Å². The van der Waals surface area contributed by atoms with Crippen LogP contribution in [0.15, 0.2) is 18.2 Å². The molecule has 4 N–H and O–H groups in total. The number of aryl methyl sites for hydroxylation is 1. The highest BCUT2D eigenvalue weighted by Crippen LogP contribution is 2.43. The fourth-order valence-electron chi connectivity index (χ4n) is 3.59. The van der Waals surface area contributed by atoms with Gasteiger partial charge in [-0.3, -0.25) is 18.6 Å². The van der Waals surface area contributed by atoms with Crippen molar-refractivity contribution < 1.29 is 47.4 Å². The van der Waals surface area contributed by atoms with Crippen molar-refractivity contribution in [1.82, 2.24) is 14.5 Å². The number of ether oxygens (including phenoxy) is 3. The number of carbonyl (C=O) groups excluding carboxylic acids is 2. The summed E-state index contributed by atoms with van der Waals surface area (Å²) in [5.41, 5.74) is 7.95. The van der Waals surface area contributed by atoms with Crippen LogP contribution < -0.4 is 10.5 Å². The van der Waals surface area contributed by atoms with Crippen LogP contribution in [-0.2, 0) is 39.2 Å². The second-order valence-electron chi connectivity index (χ2n) is 8.12. The maximum atomic E-state index is 12.2. The monoisotopic (exact) mass is 554 g/mol. The molecule has 0 aliphatic heterocycles. The number of phosphoric acid groups is 1. The Morgan fingerprint density at radius 1 is 1.18 bits per heavy atom. The Labute approximate surface area is 218 Å². The molecular formula is C23H31N4O10P. The highest BCUT2D eigenvalue weighted by Gasteiger charge is 2.25. The molecule has 15 heteroatoms. The zero-order chi connectivity index (χ0) is 27.9. The van der Waals surface area contributed by atoms with E-state index < -0.39 is 32.5 Å². The Hall–Kier alpha value is -3.29. The summed E-state index contributed by atoms with van der Waals surface area (Å²) in [5.74, 6) is 0.157. The maximum Gasteiger partial charge on any atom is 0.472 e. The third kappa shape index (κ3) is 7.62. The molecule has 0 aliphatic carbocycles. The number of nitrogen functional groups attached to an aromatic ring is 1. The third-order valence-corrected chi connectivity index (χ3v) is 6.26. The van der Waals surface area contributed by atoms with Crippen molar-refractivity contribution in [2.75, 3.05) is 38.8 Å². The molecule has 1 unspecified atom stereocenters. The van der Waals surface area contributed by atoms with Crippen molar-refractivity contribution in [1.29, 1.82) is 0 Å². The Morgan fingerprint density at radius 2 is 1.95 bits per heavy atom. The topological polar surface area (TPSA) is 195 Å². The van der Waals surface area contributed by atoms with Crippen LogP contribution >= 0.6 is 7.82 Å². The standard InChI is InChI=1S/C23H31N4O10P/c1-4-20(30)37-17(12-34-15(3)29)13-36-38(31,32)35-10-9-33-16-5-6-18-19(11-16)26-23(24)21-22(18)27(7-8-28)14(2)25-21/h5-6,11,17,28H,4,7-10,12-13H2,1-3H3,(H2,24,26)(H,31,32)/t17-/m1/s1. The lowest BCUT2D eigenvalue weighted by Gasteiger charge is -2.19. The lowest BCUT2D eigenvalue weighted by atomic mass is 10.1. The Morgan fingerprint density at radius 3 is 2.63 bits per heavy atom. The number of pyridine rings is 1. The smallest absolute Gasteiger partial charge is 0.472 e. The number of carbonyl (C=O) groups is 2. The zero-order valence-electron chi connectivity index (χ0n) is 21.3. The van der Waals surface area contributed by atoms with Crippen LogP contribution in [0.5, 0.6) is 5.75 Å². The van der Waals surface area contributed by atoms with Gasteiger partial charge in [-0.05, 0) is 19.1 Å². The first kappa shape index (κ1) is 29.3. The van der Waals surface area contributed by atoms with E-state index >= 15 is 0 Å². The van der Waals surface area contributed by atoms with Gasteiger partial charge in [-0.1, -0.05) is 6.92 Å². The second kappa shape index (κ2) is 13.0. The van der Waals surface area contributed by atoms with E-state index in [1.165, 1.54) is 6.92 Å². The number of benzene rings is 1. The van der Waals surface area contributed by atoms with Gasteiger partial charge < -0.3 is 34.5 Å². The van der Waals surface area contributed by atoms with Gasteiger partial charge in [-0.15, -0.1) is 0 Å². The van der Waals surface area contributed by atoms with Crippen molar-refractivity contribution in [3.05, 3.63) is 24.0 Å². The van der Waals surface area contributed by atoms with Crippen LogP contribution in [-0.4, -0.2) is 75.6 Å². The van der Waals surface area contributed by atoms with Gasteiger partial charge in [0.05, 0.1) is 30.9 Å². The number of nitrogens with two attached hydrogens (primary N) is 1. The second-order valence-corrected chi connectivity index (χ2v) is 9.57. The van der Waals surface area contributed by atoms with Crippen molar-refractivity contribution in [2.45, 2.75) is 39.8 Å². The van der Waals surface area contributed by atoms with Gasteiger partial charge >= 0.3 is 19.8 Å². The highest BCUT2D eigenvalue weighted by molar-refractivity contribution is 7.47. The van der Waals surface area contributed by atoms with Crippen LogP contribution in [0.4, 0.5) is 5.82 Å². The van der Waals surface area contributed by atoms with E-state index in [1.54, 1.807) is 25.1 Å². The molecule has 2 aromatic heterocycles. The van der Waals surface area contributed by atoms with E-state index in [1.807, 2.05) is 11.5 Å². The maximum absolute atomic E-state index is 12.2. The van der Waals surface area contributed by atoms with Crippen LogP contribution in [0, 0.1) is 6.92 Å². The molecule has 2 atom stereocenters. The molecule has 0 spiro atoms. The number of fused-ring (bicyclic) bond motifs is 3. The Bertz CT molecular complexity index is 1340. The molecule has 0 bridgehead atoms. The Kier molecular flexibility index (Phi) is 10.00. The molecule has 3 rings (SSSR count). The third-order valence-electron chi connectivity index (χ3n) is 5.28. The first-order valence-corrected chi connectivity index (χ1v) is 13.3. The quantitative estimate of drug-likeness (QED) is 0.149. The molecule has 3 aromatic rings. The number of imidazole rings is 1. The molecule has 1 aromatic carbocycles. The Balaban J connectivity index is 1.58. The lowest BCUT2D eigenvalue weighted by Crippen LogP contribution is -2.29. The number of aromatic nitrogens is 3. The summed E-state index contributed by atoms with van der Waals surface area (Å²) in [6.07, 6.45) is -1.01. The summed E-state index contributed by atoms with van der Waals surface area (Å²) in [7, 11) is -4.52. The van der Waals surface area contributed by atoms with Crippen molar-refractivity contribution in [3.8, 4) is 5.75 Å². The van der Waals surface area contributed by atoms with Crippen LogP contribution in [0.2, 0.25) is 0 Å². The van der Waals surface area contributed by atoms with E-state index in [-0.39, 0.29) is 38.7 Å². The van der Waals surface area contributed by atoms with Gasteiger partial charge in [0.25, 0.3) is 0 Å². The summed E-state index contributed by atoms with van der Waals surface area (Å²) < 4.78 is 39.3. The first-order chi connectivity index (χ1) is 18.0. The molecule has 0 radical (unpaired) electrons. The summed E-state index contributed by atoms with van der Waals surface area (Å²) in [6, 6.07) is 5.14. The SMILES string of the molecule is CCC(=O)O[C@H](COC(C)=O)COP(=O)(O)OCCOc1ccc2c(c1)nc(N)c1nc(C)n(CCO)c12. The van der Waals surface area contributed by atoms with E-state index in [9.17, 15) is 24.2 Å². The number of rotatable bonds is 14. The van der Waals surface area contributed by atoms with Gasteiger partial charge in [0.15, 0.2) is 11.9 Å². The molecular weight excluding hydrogens is 523 g/mol. The molecule has 0 amide bonds.